The number of sulfone groups is 1. The Labute approximate surface area is 119 Å². The Bertz CT molecular complexity index is 553. The van der Waals surface area contributed by atoms with Gasteiger partial charge in [-0.1, -0.05) is 17.7 Å². The number of halogens is 1. The van der Waals surface area contributed by atoms with Crippen molar-refractivity contribution in [3.8, 4) is 0 Å². The number of carbonyl (C=O) groups is 1. The average Bonchev–Trinajstić information content (AvgIpc) is 2.39. The van der Waals surface area contributed by atoms with Crippen LogP contribution in [-0.2, 0) is 14.6 Å². The molecule has 0 aromatic heterocycles. The lowest BCUT2D eigenvalue weighted by Crippen LogP contribution is -2.41. The van der Waals surface area contributed by atoms with Crippen LogP contribution in [0, 0.1) is 0 Å². The van der Waals surface area contributed by atoms with E-state index < -0.39 is 15.1 Å². The SMILES string of the molecule is CCN(CC)C(=O)C(C)S(=O)(=O)c1cccc(Cl)c1. The Hall–Kier alpha value is -1.07. The standard InChI is InChI=1S/C13H18ClNO3S/c1-4-15(5-2)13(16)10(3)19(17,18)12-8-6-7-11(14)9-12/h6-10H,4-5H2,1-3H3. The number of carbonyl (C=O) groups excluding carboxylic acids is 1. The van der Waals surface area contributed by atoms with Gasteiger partial charge in [-0.15, -0.1) is 0 Å². The molecule has 1 amide bonds. The first-order valence-corrected chi connectivity index (χ1v) is 8.05. The van der Waals surface area contributed by atoms with Crippen molar-refractivity contribution in [2.45, 2.75) is 30.9 Å². The van der Waals surface area contributed by atoms with Gasteiger partial charge in [-0.25, -0.2) is 8.42 Å². The number of nitrogens with zero attached hydrogens (tertiary/aromatic N) is 1. The Morgan fingerprint density at radius 3 is 2.37 bits per heavy atom. The van der Waals surface area contributed by atoms with Gasteiger partial charge in [0.1, 0.15) is 5.25 Å². The molecule has 1 aromatic rings. The summed E-state index contributed by atoms with van der Waals surface area (Å²) >= 11 is 5.79. The van der Waals surface area contributed by atoms with Crippen LogP contribution >= 0.6 is 11.6 Å². The summed E-state index contributed by atoms with van der Waals surface area (Å²) in [5, 5.41) is -0.769. The average molecular weight is 304 g/mol. The van der Waals surface area contributed by atoms with E-state index in [1.54, 1.807) is 12.1 Å². The first-order chi connectivity index (χ1) is 8.84. The first-order valence-electron chi connectivity index (χ1n) is 6.12. The van der Waals surface area contributed by atoms with Crippen LogP contribution in [0.25, 0.3) is 0 Å². The molecule has 0 saturated heterocycles. The largest absolute Gasteiger partial charge is 0.342 e. The van der Waals surface area contributed by atoms with Crippen molar-refractivity contribution in [2.75, 3.05) is 13.1 Å². The lowest BCUT2D eigenvalue weighted by atomic mass is 10.3. The van der Waals surface area contributed by atoms with Gasteiger partial charge in [0.25, 0.3) is 0 Å². The van der Waals surface area contributed by atoms with Crippen molar-refractivity contribution in [1.29, 1.82) is 0 Å². The molecule has 0 fully saturated rings. The summed E-state index contributed by atoms with van der Waals surface area (Å²) in [6.07, 6.45) is 0. The molecule has 0 heterocycles. The summed E-state index contributed by atoms with van der Waals surface area (Å²) in [5.41, 5.74) is 0. The van der Waals surface area contributed by atoms with Crippen LogP contribution in [0.1, 0.15) is 20.8 Å². The number of amides is 1. The molecular formula is C13H18ClNO3S. The second-order valence-electron chi connectivity index (χ2n) is 4.16. The van der Waals surface area contributed by atoms with Crippen LogP contribution in [0.4, 0.5) is 0 Å². The van der Waals surface area contributed by atoms with Crippen LogP contribution < -0.4 is 0 Å². The monoisotopic (exact) mass is 303 g/mol. The van der Waals surface area contributed by atoms with E-state index in [2.05, 4.69) is 0 Å². The highest BCUT2D eigenvalue weighted by molar-refractivity contribution is 7.92. The predicted octanol–water partition coefficient (Wildman–Crippen LogP) is 2.37. The molecule has 6 heteroatoms. The molecule has 0 bridgehead atoms. The fourth-order valence-corrected chi connectivity index (χ4v) is 3.41. The van der Waals surface area contributed by atoms with Gasteiger partial charge in [-0.2, -0.15) is 0 Å². The first kappa shape index (κ1) is 16.0. The lowest BCUT2D eigenvalue weighted by Gasteiger charge is -2.22. The molecule has 0 spiro atoms. The maximum Gasteiger partial charge on any atom is 0.240 e. The second-order valence-corrected chi connectivity index (χ2v) is 6.86. The Kier molecular flexibility index (Phi) is 5.38. The summed E-state index contributed by atoms with van der Waals surface area (Å²) in [6.45, 7) is 6.03. The predicted molar refractivity (Wildman–Crippen MR) is 76.0 cm³/mol. The molecule has 4 nitrogen and oxygen atoms in total. The molecule has 1 rings (SSSR count). The minimum atomic E-state index is -3.70. The Morgan fingerprint density at radius 1 is 1.32 bits per heavy atom. The maximum atomic E-state index is 12.4. The minimum Gasteiger partial charge on any atom is -0.342 e. The van der Waals surface area contributed by atoms with Crippen molar-refractivity contribution >= 4 is 27.3 Å². The van der Waals surface area contributed by atoms with Crippen LogP contribution in [0.3, 0.4) is 0 Å². The highest BCUT2D eigenvalue weighted by atomic mass is 35.5. The lowest BCUT2D eigenvalue weighted by molar-refractivity contribution is -0.130. The normalized spacial score (nSPS) is 13.1. The molecule has 1 aromatic carbocycles. The molecule has 0 aliphatic carbocycles. The van der Waals surface area contributed by atoms with E-state index in [1.807, 2.05) is 13.8 Å². The summed E-state index contributed by atoms with van der Waals surface area (Å²) < 4.78 is 24.7. The zero-order chi connectivity index (χ0) is 14.6. The van der Waals surface area contributed by atoms with Gasteiger partial charge >= 0.3 is 0 Å². The van der Waals surface area contributed by atoms with E-state index in [0.29, 0.717) is 18.1 Å². The number of hydrogen-bond acceptors (Lipinski definition) is 3. The van der Waals surface area contributed by atoms with Gasteiger partial charge < -0.3 is 4.90 Å². The van der Waals surface area contributed by atoms with Crippen LogP contribution in [-0.4, -0.2) is 37.6 Å². The molecule has 0 saturated carbocycles. The summed E-state index contributed by atoms with van der Waals surface area (Å²) in [7, 11) is -3.70. The van der Waals surface area contributed by atoms with Gasteiger partial charge in [0.2, 0.25) is 5.91 Å². The van der Waals surface area contributed by atoms with Crippen molar-refractivity contribution in [3.63, 3.8) is 0 Å². The molecule has 1 unspecified atom stereocenters. The third-order valence-corrected chi connectivity index (χ3v) is 5.29. The molecular weight excluding hydrogens is 286 g/mol. The maximum absolute atomic E-state index is 12.4. The van der Waals surface area contributed by atoms with E-state index in [4.69, 9.17) is 11.6 Å². The molecule has 106 valence electrons. The van der Waals surface area contributed by atoms with E-state index in [1.165, 1.54) is 24.0 Å². The Morgan fingerprint density at radius 2 is 1.89 bits per heavy atom. The van der Waals surface area contributed by atoms with Gasteiger partial charge in [-0.05, 0) is 39.0 Å². The number of hydrogen-bond donors (Lipinski definition) is 0. The third kappa shape index (κ3) is 3.48. The Balaban J connectivity index is 3.10. The summed E-state index contributed by atoms with van der Waals surface area (Å²) in [4.78, 5) is 13.7. The highest BCUT2D eigenvalue weighted by Gasteiger charge is 2.32. The quantitative estimate of drug-likeness (QED) is 0.839. The molecule has 0 aliphatic rings. The fraction of sp³-hybridized carbons (Fsp3) is 0.462. The van der Waals surface area contributed by atoms with E-state index in [-0.39, 0.29) is 10.8 Å². The minimum absolute atomic E-state index is 0.0769. The van der Waals surface area contributed by atoms with Gasteiger partial charge in [0, 0.05) is 18.1 Å². The third-order valence-electron chi connectivity index (χ3n) is 3.01. The van der Waals surface area contributed by atoms with Gasteiger partial charge in [0.15, 0.2) is 9.84 Å². The highest BCUT2D eigenvalue weighted by Crippen LogP contribution is 2.21. The van der Waals surface area contributed by atoms with Crippen molar-refractivity contribution < 1.29 is 13.2 Å². The summed E-state index contributed by atoms with van der Waals surface area (Å²) in [6, 6.07) is 5.97. The second kappa shape index (κ2) is 6.39. The van der Waals surface area contributed by atoms with Crippen molar-refractivity contribution in [1.82, 2.24) is 4.90 Å². The zero-order valence-electron chi connectivity index (χ0n) is 11.3. The van der Waals surface area contributed by atoms with Crippen LogP contribution in [0.15, 0.2) is 29.2 Å². The fourth-order valence-electron chi connectivity index (χ4n) is 1.77. The van der Waals surface area contributed by atoms with Crippen LogP contribution in [0.2, 0.25) is 5.02 Å². The van der Waals surface area contributed by atoms with Gasteiger partial charge in [-0.3, -0.25) is 4.79 Å². The smallest absolute Gasteiger partial charge is 0.240 e. The molecule has 0 radical (unpaired) electrons. The topological polar surface area (TPSA) is 54.5 Å². The molecule has 0 N–H and O–H groups in total. The molecule has 1 atom stereocenters. The van der Waals surface area contributed by atoms with Crippen molar-refractivity contribution in [2.24, 2.45) is 0 Å². The van der Waals surface area contributed by atoms with Crippen molar-refractivity contribution in [3.05, 3.63) is 29.3 Å². The number of benzene rings is 1. The number of rotatable bonds is 5. The summed E-state index contributed by atoms with van der Waals surface area (Å²) in [5.74, 6) is -0.384. The van der Waals surface area contributed by atoms with Gasteiger partial charge in [0.05, 0.1) is 4.90 Å². The van der Waals surface area contributed by atoms with E-state index in [0.717, 1.165) is 0 Å². The molecule has 19 heavy (non-hydrogen) atoms. The zero-order valence-corrected chi connectivity index (χ0v) is 12.8. The van der Waals surface area contributed by atoms with E-state index in [9.17, 15) is 13.2 Å². The van der Waals surface area contributed by atoms with E-state index >= 15 is 0 Å². The van der Waals surface area contributed by atoms with Crippen LogP contribution in [0.5, 0.6) is 0 Å². The molecule has 0 aliphatic heterocycles.